The van der Waals surface area contributed by atoms with Crippen LogP contribution in [0, 0.1) is 0 Å². The summed E-state index contributed by atoms with van der Waals surface area (Å²) in [5.74, 6) is 0.543. The first kappa shape index (κ1) is 7.97. The monoisotopic (exact) mass is 188 g/mol. The van der Waals surface area contributed by atoms with Crippen LogP contribution in [0.2, 0.25) is 0 Å². The van der Waals surface area contributed by atoms with E-state index in [1.54, 1.807) is 0 Å². The molecule has 1 aromatic rings. The highest BCUT2D eigenvalue weighted by molar-refractivity contribution is 5.78. The number of nitrogens with zero attached hydrogens (tertiary/aromatic N) is 1. The Labute approximate surface area is 82.5 Å². The van der Waals surface area contributed by atoms with Gasteiger partial charge in [0.2, 0.25) is 5.91 Å². The third-order valence-electron chi connectivity index (χ3n) is 3.15. The van der Waals surface area contributed by atoms with Crippen LogP contribution in [0.15, 0.2) is 18.3 Å². The van der Waals surface area contributed by atoms with Crippen LogP contribution in [0.25, 0.3) is 0 Å². The molecule has 3 heteroatoms. The predicted octanol–water partition coefficient (Wildman–Crippen LogP) is 1.000. The summed E-state index contributed by atoms with van der Waals surface area (Å²) in [5.41, 5.74) is 2.47. The summed E-state index contributed by atoms with van der Waals surface area (Å²) in [6.07, 6.45) is 4.45. The SMILES string of the molecule is O=C1CC2CC(Cc3cccnc32)N1. The van der Waals surface area contributed by atoms with Crippen molar-refractivity contribution in [1.82, 2.24) is 10.3 Å². The number of fused-ring (bicyclic) bond motifs is 4. The lowest BCUT2D eigenvalue weighted by atomic mass is 9.79. The van der Waals surface area contributed by atoms with Crippen LogP contribution in [0.3, 0.4) is 0 Å². The molecular formula is C11H12N2O. The lowest BCUT2D eigenvalue weighted by Crippen LogP contribution is -2.45. The number of pyridine rings is 1. The lowest BCUT2D eigenvalue weighted by Gasteiger charge is -2.35. The van der Waals surface area contributed by atoms with Crippen molar-refractivity contribution < 1.29 is 4.79 Å². The molecule has 1 amide bonds. The Balaban J connectivity index is 2.05. The summed E-state index contributed by atoms with van der Waals surface area (Å²) in [5, 5.41) is 3.02. The van der Waals surface area contributed by atoms with Crippen LogP contribution < -0.4 is 5.32 Å². The zero-order valence-corrected chi connectivity index (χ0v) is 7.86. The third-order valence-corrected chi connectivity index (χ3v) is 3.15. The van der Waals surface area contributed by atoms with Crippen molar-refractivity contribution in [3.05, 3.63) is 29.6 Å². The highest BCUT2D eigenvalue weighted by atomic mass is 16.1. The van der Waals surface area contributed by atoms with Gasteiger partial charge in [0.1, 0.15) is 0 Å². The fourth-order valence-electron chi connectivity index (χ4n) is 2.60. The van der Waals surface area contributed by atoms with Gasteiger partial charge < -0.3 is 5.32 Å². The second-order valence-electron chi connectivity index (χ2n) is 4.15. The van der Waals surface area contributed by atoms with Crippen LogP contribution in [0.1, 0.15) is 30.0 Å². The molecule has 72 valence electrons. The van der Waals surface area contributed by atoms with Gasteiger partial charge in [0, 0.05) is 30.3 Å². The number of amides is 1. The number of hydrogen-bond donors (Lipinski definition) is 1. The highest BCUT2D eigenvalue weighted by Crippen LogP contribution is 2.35. The number of rotatable bonds is 0. The number of piperidine rings is 1. The van der Waals surface area contributed by atoms with E-state index in [4.69, 9.17) is 0 Å². The zero-order chi connectivity index (χ0) is 9.54. The van der Waals surface area contributed by atoms with Crippen LogP contribution in [-0.4, -0.2) is 16.9 Å². The molecule has 2 heterocycles. The average Bonchev–Trinajstić information content (AvgIpc) is 2.17. The lowest BCUT2D eigenvalue weighted by molar-refractivity contribution is -0.124. The van der Waals surface area contributed by atoms with Gasteiger partial charge in [0.15, 0.2) is 0 Å². The van der Waals surface area contributed by atoms with Crippen molar-refractivity contribution in [3.8, 4) is 0 Å². The Morgan fingerprint density at radius 3 is 3.29 bits per heavy atom. The van der Waals surface area contributed by atoms with Crippen molar-refractivity contribution >= 4 is 5.91 Å². The summed E-state index contributed by atoms with van der Waals surface area (Å²) in [6, 6.07) is 4.44. The molecule has 3 rings (SSSR count). The maximum atomic E-state index is 11.3. The van der Waals surface area contributed by atoms with Crippen LogP contribution in [0.4, 0.5) is 0 Å². The van der Waals surface area contributed by atoms with E-state index in [1.165, 1.54) is 5.56 Å². The van der Waals surface area contributed by atoms with E-state index in [0.717, 1.165) is 18.5 Å². The second-order valence-corrected chi connectivity index (χ2v) is 4.15. The van der Waals surface area contributed by atoms with Gasteiger partial charge in [-0.2, -0.15) is 0 Å². The minimum Gasteiger partial charge on any atom is -0.353 e. The molecule has 1 aromatic heterocycles. The number of carbonyl (C=O) groups excluding carboxylic acids is 1. The standard InChI is InChI=1S/C11H12N2O/c14-10-6-8-5-9(13-10)4-7-2-1-3-12-11(7)8/h1-3,8-9H,4-6H2,(H,13,14). The molecule has 2 unspecified atom stereocenters. The molecule has 0 radical (unpaired) electrons. The van der Waals surface area contributed by atoms with Gasteiger partial charge in [-0.15, -0.1) is 0 Å². The minimum atomic E-state index is 0.183. The number of nitrogens with one attached hydrogen (secondary N) is 1. The van der Waals surface area contributed by atoms with Crippen molar-refractivity contribution in [1.29, 1.82) is 0 Å². The van der Waals surface area contributed by atoms with E-state index in [-0.39, 0.29) is 5.91 Å². The summed E-state index contributed by atoms with van der Waals surface area (Å²) in [7, 11) is 0. The Hall–Kier alpha value is -1.38. The molecule has 1 aliphatic carbocycles. The largest absolute Gasteiger partial charge is 0.353 e. The molecule has 1 fully saturated rings. The third kappa shape index (κ3) is 1.12. The van der Waals surface area contributed by atoms with E-state index in [2.05, 4.69) is 16.4 Å². The molecule has 2 atom stereocenters. The van der Waals surface area contributed by atoms with Gasteiger partial charge in [0.05, 0.1) is 0 Å². The van der Waals surface area contributed by atoms with Crippen LogP contribution in [-0.2, 0) is 11.2 Å². The van der Waals surface area contributed by atoms with Crippen molar-refractivity contribution in [2.45, 2.75) is 31.2 Å². The summed E-state index contributed by atoms with van der Waals surface area (Å²) < 4.78 is 0. The zero-order valence-electron chi connectivity index (χ0n) is 7.86. The average molecular weight is 188 g/mol. The highest BCUT2D eigenvalue weighted by Gasteiger charge is 2.34. The number of carbonyl (C=O) groups is 1. The molecular weight excluding hydrogens is 176 g/mol. The molecule has 0 saturated carbocycles. The van der Waals surface area contributed by atoms with Crippen LogP contribution >= 0.6 is 0 Å². The molecule has 0 spiro atoms. The van der Waals surface area contributed by atoms with E-state index in [0.29, 0.717) is 18.4 Å². The smallest absolute Gasteiger partial charge is 0.220 e. The first-order valence-corrected chi connectivity index (χ1v) is 5.06. The van der Waals surface area contributed by atoms with Gasteiger partial charge in [-0.3, -0.25) is 9.78 Å². The molecule has 1 saturated heterocycles. The first-order valence-electron chi connectivity index (χ1n) is 5.06. The molecule has 1 aliphatic heterocycles. The number of aromatic nitrogens is 1. The van der Waals surface area contributed by atoms with Crippen molar-refractivity contribution in [3.63, 3.8) is 0 Å². The topological polar surface area (TPSA) is 42.0 Å². The minimum absolute atomic E-state index is 0.183. The van der Waals surface area contributed by atoms with Gasteiger partial charge in [-0.05, 0) is 24.5 Å². The van der Waals surface area contributed by atoms with Crippen molar-refractivity contribution in [2.24, 2.45) is 0 Å². The second kappa shape index (κ2) is 2.80. The predicted molar refractivity (Wildman–Crippen MR) is 51.8 cm³/mol. The summed E-state index contributed by atoms with van der Waals surface area (Å²) >= 11 is 0. The van der Waals surface area contributed by atoms with E-state index in [9.17, 15) is 4.79 Å². The Morgan fingerprint density at radius 2 is 2.36 bits per heavy atom. The van der Waals surface area contributed by atoms with Gasteiger partial charge in [0.25, 0.3) is 0 Å². The summed E-state index contributed by atoms with van der Waals surface area (Å²) in [6.45, 7) is 0. The Kier molecular flexibility index (Phi) is 1.60. The molecule has 14 heavy (non-hydrogen) atoms. The Bertz CT molecular complexity index is 389. The molecule has 2 bridgehead atoms. The van der Waals surface area contributed by atoms with Gasteiger partial charge in [-0.1, -0.05) is 6.07 Å². The fourth-order valence-corrected chi connectivity index (χ4v) is 2.60. The molecule has 3 nitrogen and oxygen atoms in total. The fraction of sp³-hybridized carbons (Fsp3) is 0.455. The summed E-state index contributed by atoms with van der Waals surface area (Å²) in [4.78, 5) is 15.7. The quantitative estimate of drug-likeness (QED) is 0.660. The molecule has 0 aromatic carbocycles. The van der Waals surface area contributed by atoms with E-state index < -0.39 is 0 Å². The van der Waals surface area contributed by atoms with E-state index in [1.807, 2.05) is 12.3 Å². The maximum Gasteiger partial charge on any atom is 0.220 e. The van der Waals surface area contributed by atoms with Crippen LogP contribution in [0.5, 0.6) is 0 Å². The molecule has 1 N–H and O–H groups in total. The van der Waals surface area contributed by atoms with Gasteiger partial charge in [-0.25, -0.2) is 0 Å². The molecule has 2 aliphatic rings. The first-order chi connectivity index (χ1) is 6.83. The normalized spacial score (nSPS) is 29.3. The number of hydrogen-bond acceptors (Lipinski definition) is 2. The Morgan fingerprint density at radius 1 is 1.43 bits per heavy atom. The maximum absolute atomic E-state index is 11.3. The van der Waals surface area contributed by atoms with E-state index >= 15 is 0 Å². The van der Waals surface area contributed by atoms with Gasteiger partial charge >= 0.3 is 0 Å². The van der Waals surface area contributed by atoms with Crippen molar-refractivity contribution in [2.75, 3.05) is 0 Å².